The third kappa shape index (κ3) is 4.31. The number of nitrogens with one attached hydrogen (secondary N) is 1. The van der Waals surface area contributed by atoms with Gasteiger partial charge in [0.2, 0.25) is 0 Å². The molecule has 0 aliphatic rings. The fourth-order valence-electron chi connectivity index (χ4n) is 1.88. The van der Waals surface area contributed by atoms with Crippen molar-refractivity contribution < 1.29 is 0 Å². The van der Waals surface area contributed by atoms with E-state index in [1.165, 1.54) is 6.42 Å². The van der Waals surface area contributed by atoms with Gasteiger partial charge in [0.05, 0.1) is 6.54 Å². The van der Waals surface area contributed by atoms with Crippen molar-refractivity contribution in [3.8, 4) is 0 Å². The zero-order chi connectivity index (χ0) is 12.0. The van der Waals surface area contributed by atoms with Gasteiger partial charge in [-0.3, -0.25) is 0 Å². The molecule has 0 aromatic carbocycles. The third-order valence-electron chi connectivity index (χ3n) is 2.56. The minimum Gasteiger partial charge on any atom is -0.307 e. The quantitative estimate of drug-likeness (QED) is 0.772. The Hall–Kier alpha value is -0.900. The van der Waals surface area contributed by atoms with E-state index in [1.54, 1.807) is 6.33 Å². The maximum absolute atomic E-state index is 4.28. The highest BCUT2D eigenvalue weighted by Crippen LogP contribution is 2.04. The fraction of sp³-hybridized carbons (Fsp3) is 0.833. The SMILES string of the molecule is CCCn1ncnc1CNC(C)CC(C)C. The second-order valence-electron chi connectivity index (χ2n) is 4.81. The first-order valence-electron chi connectivity index (χ1n) is 6.23. The van der Waals surface area contributed by atoms with Gasteiger partial charge in [-0.1, -0.05) is 20.8 Å². The molecule has 1 unspecified atom stereocenters. The molecule has 0 spiro atoms. The molecule has 4 heteroatoms. The Morgan fingerprint density at radius 2 is 2.12 bits per heavy atom. The lowest BCUT2D eigenvalue weighted by Crippen LogP contribution is -2.28. The molecule has 1 aromatic heterocycles. The van der Waals surface area contributed by atoms with Gasteiger partial charge in [-0.15, -0.1) is 0 Å². The summed E-state index contributed by atoms with van der Waals surface area (Å²) in [5, 5.41) is 7.70. The van der Waals surface area contributed by atoms with Crippen molar-refractivity contribution in [1.82, 2.24) is 20.1 Å². The van der Waals surface area contributed by atoms with Gasteiger partial charge < -0.3 is 5.32 Å². The van der Waals surface area contributed by atoms with Crippen LogP contribution in [0.1, 0.15) is 46.4 Å². The standard InChI is InChI=1S/C12H24N4/c1-5-6-16-12(14-9-15-16)8-13-11(4)7-10(2)3/h9-11,13H,5-8H2,1-4H3. The lowest BCUT2D eigenvalue weighted by atomic mass is 10.1. The van der Waals surface area contributed by atoms with Crippen LogP contribution in [0, 0.1) is 5.92 Å². The number of hydrogen-bond donors (Lipinski definition) is 1. The molecule has 1 rings (SSSR count). The van der Waals surface area contributed by atoms with Crippen molar-refractivity contribution in [2.45, 2.75) is 59.7 Å². The highest BCUT2D eigenvalue weighted by molar-refractivity contribution is 4.84. The van der Waals surface area contributed by atoms with Gasteiger partial charge in [0.1, 0.15) is 12.2 Å². The van der Waals surface area contributed by atoms with Crippen LogP contribution in [0.4, 0.5) is 0 Å². The molecule has 16 heavy (non-hydrogen) atoms. The Labute approximate surface area is 98.5 Å². The van der Waals surface area contributed by atoms with E-state index in [2.05, 4.69) is 43.1 Å². The van der Waals surface area contributed by atoms with Crippen LogP contribution in [0.25, 0.3) is 0 Å². The van der Waals surface area contributed by atoms with Gasteiger partial charge in [-0.05, 0) is 25.7 Å². The van der Waals surface area contributed by atoms with E-state index < -0.39 is 0 Å². The zero-order valence-electron chi connectivity index (χ0n) is 10.9. The van der Waals surface area contributed by atoms with E-state index in [1.807, 2.05) is 4.68 Å². The topological polar surface area (TPSA) is 42.7 Å². The van der Waals surface area contributed by atoms with E-state index in [-0.39, 0.29) is 0 Å². The summed E-state index contributed by atoms with van der Waals surface area (Å²) in [5.74, 6) is 1.77. The first-order valence-corrected chi connectivity index (χ1v) is 6.23. The molecule has 0 bridgehead atoms. The van der Waals surface area contributed by atoms with Gasteiger partial charge in [0.15, 0.2) is 0 Å². The maximum atomic E-state index is 4.28. The summed E-state index contributed by atoms with van der Waals surface area (Å²) < 4.78 is 1.98. The van der Waals surface area contributed by atoms with Crippen molar-refractivity contribution in [1.29, 1.82) is 0 Å². The summed E-state index contributed by atoms with van der Waals surface area (Å²) in [6.07, 6.45) is 3.93. The predicted octanol–water partition coefficient (Wildman–Crippen LogP) is 2.21. The minimum atomic E-state index is 0.534. The van der Waals surface area contributed by atoms with Gasteiger partial charge in [0, 0.05) is 12.6 Å². The van der Waals surface area contributed by atoms with Gasteiger partial charge in [-0.2, -0.15) is 5.10 Å². The van der Waals surface area contributed by atoms with Crippen molar-refractivity contribution in [3.05, 3.63) is 12.2 Å². The zero-order valence-corrected chi connectivity index (χ0v) is 10.9. The normalized spacial score (nSPS) is 13.3. The van der Waals surface area contributed by atoms with Crippen molar-refractivity contribution in [3.63, 3.8) is 0 Å². The van der Waals surface area contributed by atoms with Crippen LogP contribution < -0.4 is 5.32 Å². The molecule has 0 fully saturated rings. The lowest BCUT2D eigenvalue weighted by Gasteiger charge is -2.15. The number of aromatic nitrogens is 3. The smallest absolute Gasteiger partial charge is 0.140 e. The second kappa shape index (κ2) is 6.63. The molecule has 0 aliphatic carbocycles. The van der Waals surface area contributed by atoms with Crippen molar-refractivity contribution >= 4 is 0 Å². The summed E-state index contributed by atoms with van der Waals surface area (Å²) >= 11 is 0. The lowest BCUT2D eigenvalue weighted by molar-refractivity contribution is 0.428. The largest absolute Gasteiger partial charge is 0.307 e. The van der Waals surface area contributed by atoms with E-state index in [0.717, 1.165) is 31.3 Å². The summed E-state index contributed by atoms with van der Waals surface area (Å²) in [4.78, 5) is 4.28. The highest BCUT2D eigenvalue weighted by Gasteiger charge is 2.07. The molecule has 1 atom stereocenters. The summed E-state index contributed by atoms with van der Waals surface area (Å²) in [6, 6.07) is 0.534. The number of aryl methyl sites for hydroxylation is 1. The average molecular weight is 224 g/mol. The molecule has 1 aromatic rings. The Bertz CT molecular complexity index is 293. The van der Waals surface area contributed by atoms with Crippen LogP contribution in [0.5, 0.6) is 0 Å². The minimum absolute atomic E-state index is 0.534. The maximum Gasteiger partial charge on any atom is 0.140 e. The van der Waals surface area contributed by atoms with Gasteiger partial charge in [-0.25, -0.2) is 9.67 Å². The first-order chi connectivity index (χ1) is 7.63. The second-order valence-corrected chi connectivity index (χ2v) is 4.81. The van der Waals surface area contributed by atoms with E-state index in [0.29, 0.717) is 6.04 Å². The molecular weight excluding hydrogens is 200 g/mol. The summed E-state index contributed by atoms with van der Waals surface area (Å²) in [7, 11) is 0. The molecule has 0 saturated carbocycles. The van der Waals surface area contributed by atoms with Crippen LogP contribution in [0.2, 0.25) is 0 Å². The number of hydrogen-bond acceptors (Lipinski definition) is 3. The van der Waals surface area contributed by atoms with E-state index in [9.17, 15) is 0 Å². The first kappa shape index (κ1) is 13.2. The molecule has 0 aliphatic heterocycles. The molecule has 0 amide bonds. The Morgan fingerprint density at radius 1 is 1.38 bits per heavy atom. The van der Waals surface area contributed by atoms with E-state index >= 15 is 0 Å². The number of rotatable bonds is 7. The molecule has 1 heterocycles. The summed E-state index contributed by atoms with van der Waals surface area (Å²) in [6.45, 7) is 10.6. The molecule has 92 valence electrons. The molecular formula is C12H24N4. The Morgan fingerprint density at radius 3 is 2.75 bits per heavy atom. The monoisotopic (exact) mass is 224 g/mol. The van der Waals surface area contributed by atoms with Crippen molar-refractivity contribution in [2.75, 3.05) is 0 Å². The summed E-state index contributed by atoms with van der Waals surface area (Å²) in [5.41, 5.74) is 0. The predicted molar refractivity (Wildman–Crippen MR) is 66.1 cm³/mol. The van der Waals surface area contributed by atoms with Crippen LogP contribution in [0.3, 0.4) is 0 Å². The molecule has 1 N–H and O–H groups in total. The molecule has 0 saturated heterocycles. The Kier molecular flexibility index (Phi) is 5.46. The van der Waals surface area contributed by atoms with Crippen LogP contribution >= 0.6 is 0 Å². The molecule has 0 radical (unpaired) electrons. The Balaban J connectivity index is 2.38. The third-order valence-corrected chi connectivity index (χ3v) is 2.56. The fourth-order valence-corrected chi connectivity index (χ4v) is 1.88. The van der Waals surface area contributed by atoms with Crippen LogP contribution in [0.15, 0.2) is 6.33 Å². The molecule has 4 nitrogen and oxygen atoms in total. The van der Waals surface area contributed by atoms with Crippen molar-refractivity contribution in [2.24, 2.45) is 5.92 Å². The average Bonchev–Trinajstić information content (AvgIpc) is 2.62. The highest BCUT2D eigenvalue weighted by atomic mass is 15.3. The number of nitrogens with zero attached hydrogens (tertiary/aromatic N) is 3. The van der Waals surface area contributed by atoms with Gasteiger partial charge in [0.25, 0.3) is 0 Å². The van der Waals surface area contributed by atoms with Crippen LogP contribution in [-0.2, 0) is 13.1 Å². The van der Waals surface area contributed by atoms with Crippen LogP contribution in [-0.4, -0.2) is 20.8 Å². The van der Waals surface area contributed by atoms with Gasteiger partial charge >= 0.3 is 0 Å². The van der Waals surface area contributed by atoms with E-state index in [4.69, 9.17) is 0 Å².